The number of hydrogen-bond donors (Lipinski definition) is 1. The Morgan fingerprint density at radius 1 is 0.848 bits per heavy atom. The minimum Gasteiger partial charge on any atom is -0.497 e. The van der Waals surface area contributed by atoms with Crippen LogP contribution < -0.4 is 10.1 Å². The second-order valence-electron chi connectivity index (χ2n) is 7.19. The molecular weight excluding hydrogens is 422 g/mol. The van der Waals surface area contributed by atoms with E-state index in [2.05, 4.69) is 5.32 Å². The topological polar surface area (TPSA) is 98.8 Å². The van der Waals surface area contributed by atoms with Crippen molar-refractivity contribution < 1.29 is 28.7 Å². The van der Waals surface area contributed by atoms with Gasteiger partial charge in [0.15, 0.2) is 18.2 Å². The van der Waals surface area contributed by atoms with Gasteiger partial charge in [0.2, 0.25) is 0 Å². The van der Waals surface area contributed by atoms with Crippen LogP contribution in [0.1, 0.15) is 37.4 Å². The van der Waals surface area contributed by atoms with E-state index >= 15 is 0 Å². The molecule has 0 atom stereocenters. The van der Waals surface area contributed by atoms with E-state index in [1.807, 2.05) is 0 Å². The van der Waals surface area contributed by atoms with Gasteiger partial charge in [0.05, 0.1) is 18.4 Å². The Morgan fingerprint density at radius 3 is 2.21 bits per heavy atom. The Balaban J connectivity index is 1.41. The number of nitrogens with one attached hydrogen (secondary N) is 1. The maximum atomic E-state index is 13.0. The van der Waals surface area contributed by atoms with Crippen molar-refractivity contribution in [3.63, 3.8) is 0 Å². The molecule has 7 heteroatoms. The Bertz CT molecular complexity index is 1290. The lowest BCUT2D eigenvalue weighted by Crippen LogP contribution is -2.25. The Labute approximate surface area is 189 Å². The summed E-state index contributed by atoms with van der Waals surface area (Å²) in [6.07, 6.45) is 2.76. The van der Waals surface area contributed by atoms with E-state index in [1.54, 1.807) is 73.8 Å². The van der Waals surface area contributed by atoms with Crippen molar-refractivity contribution in [2.45, 2.75) is 0 Å². The molecule has 164 valence electrons. The lowest BCUT2D eigenvalue weighted by atomic mass is 9.83. The van der Waals surface area contributed by atoms with Crippen LogP contribution in [0, 0.1) is 0 Å². The maximum absolute atomic E-state index is 13.0. The highest BCUT2D eigenvalue weighted by molar-refractivity contribution is 6.30. The number of amides is 1. The van der Waals surface area contributed by atoms with Crippen LogP contribution >= 0.6 is 0 Å². The summed E-state index contributed by atoms with van der Waals surface area (Å²) in [5, 5.41) is 2.57. The standard InChI is InChI=1S/C26H19NO6/c1-32-17-12-9-16(10-13-17)11-14-23(29)33-15-22(28)27-21-8-4-7-20-24(21)26(31)19-6-3-2-5-18(19)25(20)30/h2-14H,15H2,1H3,(H,27,28). The van der Waals surface area contributed by atoms with Gasteiger partial charge in [-0.25, -0.2) is 4.79 Å². The van der Waals surface area contributed by atoms with Gasteiger partial charge in [-0.15, -0.1) is 0 Å². The van der Waals surface area contributed by atoms with Crippen LogP contribution in [-0.4, -0.2) is 37.2 Å². The van der Waals surface area contributed by atoms with Crippen LogP contribution in [0.15, 0.2) is 72.8 Å². The lowest BCUT2D eigenvalue weighted by molar-refractivity contribution is -0.142. The van der Waals surface area contributed by atoms with E-state index in [0.29, 0.717) is 11.3 Å². The Morgan fingerprint density at radius 2 is 1.52 bits per heavy atom. The first kappa shape index (κ1) is 21.7. The van der Waals surface area contributed by atoms with Crippen LogP contribution in [0.4, 0.5) is 5.69 Å². The molecule has 0 radical (unpaired) electrons. The Kier molecular flexibility index (Phi) is 6.13. The van der Waals surface area contributed by atoms with Crippen LogP contribution in [0.5, 0.6) is 5.75 Å². The highest BCUT2D eigenvalue weighted by Gasteiger charge is 2.31. The molecule has 0 aromatic heterocycles. The summed E-state index contributed by atoms with van der Waals surface area (Å²) in [5.74, 6) is -1.27. The SMILES string of the molecule is COc1ccc(C=CC(=O)OCC(=O)Nc2cccc3c2C(=O)c2ccccc2C3=O)cc1. The third-order valence-electron chi connectivity index (χ3n) is 5.10. The summed E-state index contributed by atoms with van der Waals surface area (Å²) in [4.78, 5) is 50.1. The number of anilines is 1. The van der Waals surface area contributed by atoms with Gasteiger partial charge in [0.25, 0.3) is 5.91 Å². The second kappa shape index (κ2) is 9.32. The number of methoxy groups -OCH3 is 1. The van der Waals surface area contributed by atoms with E-state index in [4.69, 9.17) is 9.47 Å². The van der Waals surface area contributed by atoms with Crippen LogP contribution in [0.3, 0.4) is 0 Å². The highest BCUT2D eigenvalue weighted by atomic mass is 16.5. The van der Waals surface area contributed by atoms with Crippen LogP contribution in [-0.2, 0) is 14.3 Å². The molecular formula is C26H19NO6. The quantitative estimate of drug-likeness (QED) is 0.362. The predicted octanol–water partition coefficient (Wildman–Crippen LogP) is 3.67. The number of esters is 1. The van der Waals surface area contributed by atoms with Crippen molar-refractivity contribution in [1.82, 2.24) is 0 Å². The number of carbonyl (C=O) groups excluding carboxylic acids is 4. The molecule has 0 heterocycles. The first-order valence-corrected chi connectivity index (χ1v) is 10.1. The fraction of sp³-hybridized carbons (Fsp3) is 0.0769. The molecule has 1 N–H and O–H groups in total. The van der Waals surface area contributed by atoms with Crippen LogP contribution in [0.25, 0.3) is 6.08 Å². The minimum absolute atomic E-state index is 0.125. The molecule has 0 aliphatic heterocycles. The first-order chi connectivity index (χ1) is 16.0. The number of ether oxygens (including phenoxy) is 2. The van der Waals surface area contributed by atoms with Crippen molar-refractivity contribution in [2.24, 2.45) is 0 Å². The fourth-order valence-corrected chi connectivity index (χ4v) is 3.50. The molecule has 3 aromatic carbocycles. The lowest BCUT2D eigenvalue weighted by Gasteiger charge is -2.20. The zero-order chi connectivity index (χ0) is 23.4. The zero-order valence-electron chi connectivity index (χ0n) is 17.7. The van der Waals surface area contributed by atoms with Gasteiger partial charge in [0.1, 0.15) is 5.75 Å². The predicted molar refractivity (Wildman–Crippen MR) is 121 cm³/mol. The second-order valence-corrected chi connectivity index (χ2v) is 7.19. The molecule has 0 unspecified atom stereocenters. The number of ketones is 2. The fourth-order valence-electron chi connectivity index (χ4n) is 3.50. The third-order valence-corrected chi connectivity index (χ3v) is 5.10. The normalized spacial score (nSPS) is 12.2. The molecule has 1 aliphatic carbocycles. The summed E-state index contributed by atoms with van der Waals surface area (Å²) in [5.41, 5.74) is 1.91. The number of fused-ring (bicyclic) bond motifs is 2. The van der Waals surface area contributed by atoms with Gasteiger partial charge in [-0.3, -0.25) is 14.4 Å². The maximum Gasteiger partial charge on any atom is 0.331 e. The summed E-state index contributed by atoms with van der Waals surface area (Å²) in [7, 11) is 1.56. The average molecular weight is 441 g/mol. The zero-order valence-corrected chi connectivity index (χ0v) is 17.7. The van der Waals surface area contributed by atoms with E-state index in [-0.39, 0.29) is 33.9 Å². The summed E-state index contributed by atoms with van der Waals surface area (Å²) >= 11 is 0. The number of hydrogen-bond acceptors (Lipinski definition) is 6. The smallest absolute Gasteiger partial charge is 0.331 e. The van der Waals surface area contributed by atoms with Gasteiger partial charge in [0, 0.05) is 22.8 Å². The minimum atomic E-state index is -0.698. The van der Waals surface area contributed by atoms with Crippen molar-refractivity contribution in [3.8, 4) is 5.75 Å². The molecule has 7 nitrogen and oxygen atoms in total. The Hall–Kier alpha value is -4.52. The molecule has 0 fully saturated rings. The highest BCUT2D eigenvalue weighted by Crippen LogP contribution is 2.31. The van der Waals surface area contributed by atoms with Crippen molar-refractivity contribution in [1.29, 1.82) is 0 Å². The van der Waals surface area contributed by atoms with Gasteiger partial charge >= 0.3 is 5.97 Å². The summed E-state index contributed by atoms with van der Waals surface area (Å²) in [6, 6.07) is 18.2. The number of rotatable bonds is 6. The van der Waals surface area contributed by atoms with E-state index < -0.39 is 18.5 Å². The van der Waals surface area contributed by atoms with Gasteiger partial charge in [-0.2, -0.15) is 0 Å². The molecule has 1 aliphatic rings. The van der Waals surface area contributed by atoms with Crippen LogP contribution in [0.2, 0.25) is 0 Å². The van der Waals surface area contributed by atoms with E-state index in [1.165, 1.54) is 12.1 Å². The number of carbonyl (C=O) groups is 4. The molecule has 0 saturated heterocycles. The largest absolute Gasteiger partial charge is 0.497 e. The molecule has 3 aromatic rings. The summed E-state index contributed by atoms with van der Waals surface area (Å²) in [6.45, 7) is -0.547. The molecule has 0 spiro atoms. The molecule has 33 heavy (non-hydrogen) atoms. The van der Waals surface area contributed by atoms with E-state index in [9.17, 15) is 19.2 Å². The summed E-state index contributed by atoms with van der Waals surface area (Å²) < 4.78 is 10.0. The van der Waals surface area contributed by atoms with Crippen molar-refractivity contribution in [2.75, 3.05) is 19.0 Å². The van der Waals surface area contributed by atoms with Crippen molar-refractivity contribution >= 4 is 35.2 Å². The first-order valence-electron chi connectivity index (χ1n) is 10.1. The average Bonchev–Trinajstić information content (AvgIpc) is 2.85. The third kappa shape index (κ3) is 4.57. The van der Waals surface area contributed by atoms with Gasteiger partial charge in [-0.1, -0.05) is 48.5 Å². The van der Waals surface area contributed by atoms with Gasteiger partial charge < -0.3 is 14.8 Å². The monoisotopic (exact) mass is 441 g/mol. The molecule has 1 amide bonds. The molecule has 4 rings (SSSR count). The number of benzene rings is 3. The molecule has 0 bridgehead atoms. The van der Waals surface area contributed by atoms with E-state index in [0.717, 1.165) is 5.56 Å². The van der Waals surface area contributed by atoms with Gasteiger partial charge in [-0.05, 0) is 29.8 Å². The van der Waals surface area contributed by atoms with Crippen molar-refractivity contribution in [3.05, 3.63) is 101 Å². The molecule has 0 saturated carbocycles.